The van der Waals surface area contributed by atoms with Crippen LogP contribution < -0.4 is 5.73 Å². The lowest BCUT2D eigenvalue weighted by Crippen LogP contribution is -2.25. The lowest BCUT2D eigenvalue weighted by molar-refractivity contribution is 0.658. The Labute approximate surface area is 123 Å². The molecule has 0 aliphatic heterocycles. The number of halogens is 1. The lowest BCUT2D eigenvalue weighted by atomic mass is 10.1. The van der Waals surface area contributed by atoms with Crippen molar-refractivity contribution < 1.29 is 0 Å². The average Bonchev–Trinajstić information content (AvgIpc) is 2.84. The van der Waals surface area contributed by atoms with Gasteiger partial charge in [-0.2, -0.15) is 5.10 Å². The van der Waals surface area contributed by atoms with Crippen LogP contribution in [0.4, 0.5) is 0 Å². The number of aromatic nitrogens is 2. The Morgan fingerprint density at radius 1 is 1.47 bits per heavy atom. The van der Waals surface area contributed by atoms with Gasteiger partial charge in [0.1, 0.15) is 0 Å². The molecule has 1 heterocycles. The van der Waals surface area contributed by atoms with Crippen molar-refractivity contribution in [1.29, 1.82) is 0 Å². The SMILES string of the molecule is CCn1cc(CC(N)CSc2cccc(Cl)c2)cn1. The summed E-state index contributed by atoms with van der Waals surface area (Å²) in [7, 11) is 0. The van der Waals surface area contributed by atoms with E-state index < -0.39 is 0 Å². The maximum atomic E-state index is 6.15. The second-order valence-corrected chi connectivity index (χ2v) is 5.97. The van der Waals surface area contributed by atoms with Gasteiger partial charge in [-0.3, -0.25) is 4.68 Å². The summed E-state index contributed by atoms with van der Waals surface area (Å²) in [6.45, 7) is 2.97. The molecule has 0 bridgehead atoms. The van der Waals surface area contributed by atoms with E-state index in [1.165, 1.54) is 5.56 Å². The summed E-state index contributed by atoms with van der Waals surface area (Å²) in [4.78, 5) is 1.16. The summed E-state index contributed by atoms with van der Waals surface area (Å²) in [5.41, 5.74) is 7.35. The molecule has 19 heavy (non-hydrogen) atoms. The standard InChI is InChI=1S/C14H18ClN3S/c1-2-18-9-11(8-17-18)6-13(16)10-19-14-5-3-4-12(15)7-14/h3-5,7-9,13H,2,6,10,16H2,1H3. The Hall–Kier alpha value is -0.970. The van der Waals surface area contributed by atoms with E-state index >= 15 is 0 Å². The highest BCUT2D eigenvalue weighted by molar-refractivity contribution is 7.99. The van der Waals surface area contributed by atoms with Gasteiger partial charge in [0.05, 0.1) is 6.20 Å². The minimum absolute atomic E-state index is 0.124. The van der Waals surface area contributed by atoms with Crippen LogP contribution in [-0.2, 0) is 13.0 Å². The van der Waals surface area contributed by atoms with Crippen LogP contribution in [0.15, 0.2) is 41.6 Å². The summed E-state index contributed by atoms with van der Waals surface area (Å²) in [6.07, 6.45) is 4.81. The number of hydrogen-bond acceptors (Lipinski definition) is 3. The zero-order valence-corrected chi connectivity index (χ0v) is 12.5. The molecule has 0 amide bonds. The molecule has 0 aliphatic rings. The molecule has 1 unspecified atom stereocenters. The minimum atomic E-state index is 0.124. The monoisotopic (exact) mass is 295 g/mol. The van der Waals surface area contributed by atoms with Crippen LogP contribution in [0.1, 0.15) is 12.5 Å². The second kappa shape index (κ2) is 6.98. The van der Waals surface area contributed by atoms with Gasteiger partial charge in [0.25, 0.3) is 0 Å². The predicted molar refractivity (Wildman–Crippen MR) is 81.8 cm³/mol. The van der Waals surface area contributed by atoms with Crippen molar-refractivity contribution in [3.05, 3.63) is 47.2 Å². The Morgan fingerprint density at radius 2 is 2.32 bits per heavy atom. The lowest BCUT2D eigenvalue weighted by Gasteiger charge is -2.10. The van der Waals surface area contributed by atoms with Crippen LogP contribution in [-0.4, -0.2) is 21.6 Å². The third kappa shape index (κ3) is 4.56. The number of aryl methyl sites for hydroxylation is 1. The third-order valence-electron chi connectivity index (χ3n) is 2.77. The smallest absolute Gasteiger partial charge is 0.0522 e. The van der Waals surface area contributed by atoms with Gasteiger partial charge in [0.15, 0.2) is 0 Å². The zero-order valence-electron chi connectivity index (χ0n) is 10.9. The largest absolute Gasteiger partial charge is 0.327 e. The molecule has 3 nitrogen and oxygen atoms in total. The van der Waals surface area contributed by atoms with Gasteiger partial charge >= 0.3 is 0 Å². The summed E-state index contributed by atoms with van der Waals surface area (Å²) in [5.74, 6) is 0.873. The van der Waals surface area contributed by atoms with Gasteiger partial charge < -0.3 is 5.73 Å². The van der Waals surface area contributed by atoms with Gasteiger partial charge in [-0.15, -0.1) is 11.8 Å². The first-order valence-electron chi connectivity index (χ1n) is 6.32. The fraction of sp³-hybridized carbons (Fsp3) is 0.357. The molecule has 1 aromatic carbocycles. The topological polar surface area (TPSA) is 43.8 Å². The highest BCUT2D eigenvalue weighted by Gasteiger charge is 2.07. The molecule has 0 spiro atoms. The first-order valence-corrected chi connectivity index (χ1v) is 7.69. The van der Waals surface area contributed by atoms with E-state index in [9.17, 15) is 0 Å². The summed E-state index contributed by atoms with van der Waals surface area (Å²) in [5, 5.41) is 5.02. The fourth-order valence-electron chi connectivity index (χ4n) is 1.81. The molecule has 0 fully saturated rings. The van der Waals surface area contributed by atoms with Crippen LogP contribution in [0, 0.1) is 0 Å². The number of rotatable bonds is 6. The number of nitrogens with zero attached hydrogens (tertiary/aromatic N) is 2. The maximum absolute atomic E-state index is 6.15. The molecular weight excluding hydrogens is 278 g/mol. The van der Waals surface area contributed by atoms with Crippen LogP contribution in [0.3, 0.4) is 0 Å². The predicted octanol–water partition coefficient (Wildman–Crippen LogP) is 3.22. The molecule has 0 saturated carbocycles. The summed E-state index contributed by atoms with van der Waals surface area (Å²) >= 11 is 7.69. The normalized spacial score (nSPS) is 12.6. The fourth-order valence-corrected chi connectivity index (χ4v) is 2.97. The van der Waals surface area contributed by atoms with Crippen molar-refractivity contribution in [2.24, 2.45) is 5.73 Å². The van der Waals surface area contributed by atoms with E-state index in [0.717, 1.165) is 28.6 Å². The number of benzene rings is 1. The zero-order chi connectivity index (χ0) is 13.7. The number of hydrogen-bond donors (Lipinski definition) is 1. The Morgan fingerprint density at radius 3 is 3.00 bits per heavy atom. The van der Waals surface area contributed by atoms with E-state index in [1.54, 1.807) is 11.8 Å². The first-order chi connectivity index (χ1) is 9.17. The summed E-state index contributed by atoms with van der Waals surface area (Å²) in [6, 6.07) is 7.98. The van der Waals surface area contributed by atoms with E-state index in [4.69, 9.17) is 17.3 Å². The van der Waals surface area contributed by atoms with Crippen molar-refractivity contribution in [1.82, 2.24) is 9.78 Å². The molecular formula is C14H18ClN3S. The number of thioether (sulfide) groups is 1. The molecule has 2 aromatic rings. The van der Waals surface area contributed by atoms with E-state index in [0.29, 0.717) is 0 Å². The van der Waals surface area contributed by atoms with E-state index in [1.807, 2.05) is 29.1 Å². The van der Waals surface area contributed by atoms with E-state index in [2.05, 4.69) is 24.3 Å². The minimum Gasteiger partial charge on any atom is -0.327 e. The molecule has 0 saturated heterocycles. The molecule has 1 aromatic heterocycles. The molecule has 0 radical (unpaired) electrons. The van der Waals surface area contributed by atoms with Crippen molar-refractivity contribution in [3.8, 4) is 0 Å². The Bertz CT molecular complexity index is 527. The Balaban J connectivity index is 1.82. The molecule has 102 valence electrons. The highest BCUT2D eigenvalue weighted by Crippen LogP contribution is 2.22. The molecule has 2 rings (SSSR count). The van der Waals surface area contributed by atoms with Gasteiger partial charge in [0.2, 0.25) is 0 Å². The maximum Gasteiger partial charge on any atom is 0.0522 e. The van der Waals surface area contributed by atoms with Gasteiger partial charge in [-0.25, -0.2) is 0 Å². The quantitative estimate of drug-likeness (QED) is 0.832. The second-order valence-electron chi connectivity index (χ2n) is 4.44. The van der Waals surface area contributed by atoms with Crippen molar-refractivity contribution >= 4 is 23.4 Å². The first kappa shape index (κ1) is 14.4. The van der Waals surface area contributed by atoms with Crippen molar-refractivity contribution in [2.75, 3.05) is 5.75 Å². The average molecular weight is 296 g/mol. The van der Waals surface area contributed by atoms with Crippen LogP contribution in [0.5, 0.6) is 0 Å². The van der Waals surface area contributed by atoms with E-state index in [-0.39, 0.29) is 6.04 Å². The van der Waals surface area contributed by atoms with Crippen LogP contribution >= 0.6 is 23.4 Å². The van der Waals surface area contributed by atoms with Gasteiger partial charge in [-0.1, -0.05) is 17.7 Å². The van der Waals surface area contributed by atoms with Gasteiger partial charge in [0, 0.05) is 34.5 Å². The third-order valence-corrected chi connectivity index (χ3v) is 4.19. The molecule has 5 heteroatoms. The summed E-state index contributed by atoms with van der Waals surface area (Å²) < 4.78 is 1.92. The van der Waals surface area contributed by atoms with Crippen LogP contribution in [0.25, 0.3) is 0 Å². The molecule has 1 atom stereocenters. The van der Waals surface area contributed by atoms with Crippen LogP contribution in [0.2, 0.25) is 5.02 Å². The van der Waals surface area contributed by atoms with Crippen molar-refractivity contribution in [2.45, 2.75) is 30.8 Å². The molecule has 2 N–H and O–H groups in total. The Kier molecular flexibility index (Phi) is 5.31. The highest BCUT2D eigenvalue weighted by atomic mass is 35.5. The van der Waals surface area contributed by atoms with Gasteiger partial charge in [-0.05, 0) is 37.1 Å². The number of nitrogens with two attached hydrogens (primary N) is 1. The molecule has 0 aliphatic carbocycles. The van der Waals surface area contributed by atoms with Crippen molar-refractivity contribution in [3.63, 3.8) is 0 Å².